The fourth-order valence-corrected chi connectivity index (χ4v) is 2.47. The third-order valence-electron chi connectivity index (χ3n) is 3.61. The molecule has 0 spiro atoms. The summed E-state index contributed by atoms with van der Waals surface area (Å²) < 4.78 is 0. The van der Waals surface area contributed by atoms with Crippen molar-refractivity contribution < 1.29 is 15.0 Å². The van der Waals surface area contributed by atoms with E-state index in [-0.39, 0.29) is 0 Å². The van der Waals surface area contributed by atoms with Crippen LogP contribution in [-0.2, 0) is 6.42 Å². The molecule has 0 radical (unpaired) electrons. The molecule has 104 valence electrons. The van der Waals surface area contributed by atoms with Gasteiger partial charge in [0.25, 0.3) is 0 Å². The SMILES string of the molecule is CC(O)(Cc1ccccc1)N1CCN(C(=O)O)CC1. The van der Waals surface area contributed by atoms with Gasteiger partial charge in [-0.3, -0.25) is 4.90 Å². The minimum Gasteiger partial charge on any atom is -0.465 e. The number of aliphatic hydroxyl groups is 1. The van der Waals surface area contributed by atoms with Crippen molar-refractivity contribution in [3.8, 4) is 0 Å². The molecule has 1 aliphatic heterocycles. The maximum absolute atomic E-state index is 10.8. The number of rotatable bonds is 3. The monoisotopic (exact) mass is 264 g/mol. The van der Waals surface area contributed by atoms with Crippen molar-refractivity contribution in [1.82, 2.24) is 9.80 Å². The number of carboxylic acid groups (broad SMARTS) is 1. The third kappa shape index (κ3) is 3.45. The van der Waals surface area contributed by atoms with Crippen LogP contribution in [0.1, 0.15) is 12.5 Å². The van der Waals surface area contributed by atoms with Gasteiger partial charge in [0.1, 0.15) is 5.72 Å². The number of amides is 1. The van der Waals surface area contributed by atoms with Crippen molar-refractivity contribution in [3.05, 3.63) is 35.9 Å². The molecule has 1 atom stereocenters. The normalized spacial score (nSPS) is 20.0. The van der Waals surface area contributed by atoms with E-state index in [0.717, 1.165) is 5.56 Å². The van der Waals surface area contributed by atoms with Crippen molar-refractivity contribution in [1.29, 1.82) is 0 Å². The van der Waals surface area contributed by atoms with E-state index in [1.54, 1.807) is 6.92 Å². The zero-order valence-corrected chi connectivity index (χ0v) is 11.1. The smallest absolute Gasteiger partial charge is 0.407 e. The van der Waals surface area contributed by atoms with Crippen LogP contribution in [0.4, 0.5) is 4.79 Å². The van der Waals surface area contributed by atoms with Gasteiger partial charge in [-0.25, -0.2) is 4.79 Å². The second-order valence-electron chi connectivity index (χ2n) is 5.14. The first-order valence-corrected chi connectivity index (χ1v) is 6.48. The Labute approximate surface area is 113 Å². The van der Waals surface area contributed by atoms with Crippen molar-refractivity contribution in [2.45, 2.75) is 19.1 Å². The van der Waals surface area contributed by atoms with E-state index in [9.17, 15) is 9.90 Å². The Morgan fingerprint density at radius 2 is 1.79 bits per heavy atom. The summed E-state index contributed by atoms with van der Waals surface area (Å²) in [4.78, 5) is 14.2. The zero-order valence-electron chi connectivity index (χ0n) is 11.1. The first-order valence-electron chi connectivity index (χ1n) is 6.48. The molecular formula is C14H20N2O3. The van der Waals surface area contributed by atoms with Crippen LogP contribution in [0, 0.1) is 0 Å². The first-order chi connectivity index (χ1) is 8.99. The molecule has 0 aromatic heterocycles. The van der Waals surface area contributed by atoms with Crippen LogP contribution in [0.5, 0.6) is 0 Å². The largest absolute Gasteiger partial charge is 0.465 e. The number of piperazine rings is 1. The lowest BCUT2D eigenvalue weighted by Gasteiger charge is -2.42. The second-order valence-corrected chi connectivity index (χ2v) is 5.14. The number of benzene rings is 1. The van der Waals surface area contributed by atoms with Crippen LogP contribution in [0.3, 0.4) is 0 Å². The summed E-state index contributed by atoms with van der Waals surface area (Å²) in [6.45, 7) is 3.80. The molecule has 1 saturated heterocycles. The lowest BCUT2D eigenvalue weighted by Crippen LogP contribution is -2.57. The van der Waals surface area contributed by atoms with Crippen molar-refractivity contribution in [3.63, 3.8) is 0 Å². The number of carbonyl (C=O) groups is 1. The van der Waals surface area contributed by atoms with Crippen LogP contribution in [-0.4, -0.2) is 58.0 Å². The second kappa shape index (κ2) is 5.59. The summed E-state index contributed by atoms with van der Waals surface area (Å²) in [6, 6.07) is 9.83. The number of hydrogen-bond acceptors (Lipinski definition) is 3. The minimum atomic E-state index is -0.939. The Morgan fingerprint density at radius 1 is 1.21 bits per heavy atom. The average molecular weight is 264 g/mol. The Balaban J connectivity index is 1.95. The predicted octanol–water partition coefficient (Wildman–Crippen LogP) is 1.23. The molecule has 1 aromatic rings. The lowest BCUT2D eigenvalue weighted by atomic mass is 10.0. The highest BCUT2D eigenvalue weighted by molar-refractivity contribution is 5.65. The van der Waals surface area contributed by atoms with Gasteiger partial charge in [-0.05, 0) is 12.5 Å². The van der Waals surface area contributed by atoms with Gasteiger partial charge < -0.3 is 15.1 Å². The molecule has 0 saturated carbocycles. The molecule has 5 heteroatoms. The molecule has 0 bridgehead atoms. The van der Waals surface area contributed by atoms with Crippen LogP contribution < -0.4 is 0 Å². The maximum Gasteiger partial charge on any atom is 0.407 e. The molecule has 2 N–H and O–H groups in total. The molecule has 1 aliphatic rings. The first kappa shape index (κ1) is 13.8. The van der Waals surface area contributed by atoms with Crippen LogP contribution in [0.25, 0.3) is 0 Å². The van der Waals surface area contributed by atoms with E-state index in [2.05, 4.69) is 0 Å². The van der Waals surface area contributed by atoms with Gasteiger partial charge in [-0.15, -0.1) is 0 Å². The van der Waals surface area contributed by atoms with E-state index >= 15 is 0 Å². The highest BCUT2D eigenvalue weighted by Gasteiger charge is 2.33. The highest BCUT2D eigenvalue weighted by atomic mass is 16.4. The Hall–Kier alpha value is -1.59. The van der Waals surface area contributed by atoms with Gasteiger partial charge in [-0.2, -0.15) is 0 Å². The minimum absolute atomic E-state index is 0.445. The summed E-state index contributed by atoms with van der Waals surface area (Å²) >= 11 is 0. The van der Waals surface area contributed by atoms with Gasteiger partial charge >= 0.3 is 6.09 Å². The molecule has 19 heavy (non-hydrogen) atoms. The fraction of sp³-hybridized carbons (Fsp3) is 0.500. The van der Waals surface area contributed by atoms with E-state index in [1.807, 2.05) is 35.2 Å². The van der Waals surface area contributed by atoms with Gasteiger partial charge in [0.2, 0.25) is 0 Å². The van der Waals surface area contributed by atoms with E-state index in [1.165, 1.54) is 4.90 Å². The number of nitrogens with zero attached hydrogens (tertiary/aromatic N) is 2. The summed E-state index contributed by atoms with van der Waals surface area (Å²) in [5.74, 6) is 0. The van der Waals surface area contributed by atoms with Crippen LogP contribution in [0.2, 0.25) is 0 Å². The molecule has 1 fully saturated rings. The molecule has 1 aromatic carbocycles. The van der Waals surface area contributed by atoms with E-state index in [4.69, 9.17) is 5.11 Å². The molecule has 1 amide bonds. The lowest BCUT2D eigenvalue weighted by molar-refractivity contribution is -0.107. The van der Waals surface area contributed by atoms with Crippen molar-refractivity contribution in [2.24, 2.45) is 0 Å². The van der Waals surface area contributed by atoms with Gasteiger partial charge in [0, 0.05) is 32.6 Å². The van der Waals surface area contributed by atoms with Gasteiger partial charge in [0.15, 0.2) is 0 Å². The van der Waals surface area contributed by atoms with Crippen molar-refractivity contribution in [2.75, 3.05) is 26.2 Å². The summed E-state index contributed by atoms with van der Waals surface area (Å²) in [7, 11) is 0. The molecule has 1 unspecified atom stereocenters. The van der Waals surface area contributed by atoms with Crippen LogP contribution in [0.15, 0.2) is 30.3 Å². The predicted molar refractivity (Wildman–Crippen MR) is 71.9 cm³/mol. The summed E-state index contributed by atoms with van der Waals surface area (Å²) in [5, 5.41) is 19.5. The van der Waals surface area contributed by atoms with E-state index in [0.29, 0.717) is 32.6 Å². The zero-order chi connectivity index (χ0) is 13.9. The molecular weight excluding hydrogens is 244 g/mol. The Bertz CT molecular complexity index is 426. The van der Waals surface area contributed by atoms with Crippen LogP contribution >= 0.6 is 0 Å². The molecule has 1 heterocycles. The van der Waals surface area contributed by atoms with E-state index < -0.39 is 11.8 Å². The quantitative estimate of drug-likeness (QED) is 0.862. The van der Waals surface area contributed by atoms with Gasteiger partial charge in [0.05, 0.1) is 0 Å². The summed E-state index contributed by atoms with van der Waals surface area (Å²) in [5.41, 5.74) is 0.138. The van der Waals surface area contributed by atoms with Gasteiger partial charge in [-0.1, -0.05) is 30.3 Å². The molecule has 2 rings (SSSR count). The highest BCUT2D eigenvalue weighted by Crippen LogP contribution is 2.19. The third-order valence-corrected chi connectivity index (χ3v) is 3.61. The Kier molecular flexibility index (Phi) is 4.07. The average Bonchev–Trinajstić information content (AvgIpc) is 2.39. The van der Waals surface area contributed by atoms with Crippen molar-refractivity contribution >= 4 is 6.09 Å². The maximum atomic E-state index is 10.8. The molecule has 5 nitrogen and oxygen atoms in total. The Morgan fingerprint density at radius 3 is 2.32 bits per heavy atom. The standard InChI is InChI=1S/C14H20N2O3/c1-14(19,11-12-5-3-2-4-6-12)16-9-7-15(8-10-16)13(17)18/h2-6,19H,7-11H2,1H3,(H,17,18). The fourth-order valence-electron chi connectivity index (χ4n) is 2.47. The summed E-state index contributed by atoms with van der Waals surface area (Å²) in [6.07, 6.45) is -0.344. The molecule has 0 aliphatic carbocycles. The topological polar surface area (TPSA) is 64.0 Å². The number of hydrogen-bond donors (Lipinski definition) is 2.